The van der Waals surface area contributed by atoms with Crippen LogP contribution in [0.3, 0.4) is 0 Å². The van der Waals surface area contributed by atoms with E-state index >= 15 is 0 Å². The lowest BCUT2D eigenvalue weighted by Crippen LogP contribution is -2.23. The topological polar surface area (TPSA) is 26.3 Å². The van der Waals surface area contributed by atoms with Crippen LogP contribution in [0.15, 0.2) is 24.3 Å². The minimum Gasteiger partial charge on any atom is -0.469 e. The zero-order valence-electron chi connectivity index (χ0n) is 10.7. The highest BCUT2D eigenvalue weighted by atomic mass is 35.5. The number of benzene rings is 1. The van der Waals surface area contributed by atoms with Gasteiger partial charge < -0.3 is 4.74 Å². The summed E-state index contributed by atoms with van der Waals surface area (Å²) in [6, 6.07) is 7.85. The van der Waals surface area contributed by atoms with Crippen molar-refractivity contribution in [1.82, 2.24) is 0 Å². The van der Waals surface area contributed by atoms with Crippen LogP contribution < -0.4 is 0 Å². The summed E-state index contributed by atoms with van der Waals surface area (Å²) in [4.78, 5) is 11.9. The van der Waals surface area contributed by atoms with Crippen molar-refractivity contribution in [3.63, 3.8) is 0 Å². The van der Waals surface area contributed by atoms with Crippen molar-refractivity contribution in [2.45, 2.75) is 38.0 Å². The van der Waals surface area contributed by atoms with Crippen LogP contribution in [0.25, 0.3) is 0 Å². The second-order valence-electron chi connectivity index (χ2n) is 4.90. The number of hydrogen-bond donors (Lipinski definition) is 0. The van der Waals surface area contributed by atoms with Crippen LogP contribution >= 0.6 is 11.6 Å². The van der Waals surface area contributed by atoms with Gasteiger partial charge in [-0.3, -0.25) is 4.79 Å². The van der Waals surface area contributed by atoms with Crippen molar-refractivity contribution in [2.75, 3.05) is 7.11 Å². The Morgan fingerprint density at radius 2 is 1.94 bits per heavy atom. The van der Waals surface area contributed by atoms with E-state index < -0.39 is 0 Å². The highest BCUT2D eigenvalue weighted by Crippen LogP contribution is 2.39. The van der Waals surface area contributed by atoms with E-state index in [4.69, 9.17) is 16.3 Å². The van der Waals surface area contributed by atoms with Gasteiger partial charge >= 0.3 is 5.97 Å². The first-order valence-electron chi connectivity index (χ1n) is 6.56. The van der Waals surface area contributed by atoms with E-state index in [0.717, 1.165) is 36.3 Å². The Labute approximate surface area is 113 Å². The van der Waals surface area contributed by atoms with Crippen LogP contribution in [0.1, 0.15) is 43.6 Å². The number of carbonyl (C=O) groups is 1. The molecule has 2 rings (SSSR count). The number of esters is 1. The number of rotatable bonds is 2. The first-order valence-corrected chi connectivity index (χ1v) is 6.94. The number of halogens is 1. The second kappa shape index (κ2) is 6.24. The van der Waals surface area contributed by atoms with Crippen LogP contribution in [0, 0.1) is 5.92 Å². The van der Waals surface area contributed by atoms with E-state index in [9.17, 15) is 4.79 Å². The lowest BCUT2D eigenvalue weighted by molar-refractivity contribution is -0.146. The van der Waals surface area contributed by atoms with Crippen molar-refractivity contribution < 1.29 is 9.53 Å². The van der Waals surface area contributed by atoms with E-state index in [2.05, 4.69) is 0 Å². The molecule has 1 aliphatic carbocycles. The van der Waals surface area contributed by atoms with Crippen LogP contribution in [0.5, 0.6) is 0 Å². The van der Waals surface area contributed by atoms with Crippen molar-refractivity contribution in [3.05, 3.63) is 34.9 Å². The van der Waals surface area contributed by atoms with Crippen LogP contribution in [-0.4, -0.2) is 13.1 Å². The minimum atomic E-state index is -0.0955. The Balaban J connectivity index is 2.31. The summed E-state index contributed by atoms with van der Waals surface area (Å²) in [5, 5.41) is 0.762. The van der Waals surface area contributed by atoms with Gasteiger partial charge in [-0.2, -0.15) is 0 Å². The number of hydrogen-bond acceptors (Lipinski definition) is 2. The summed E-state index contributed by atoms with van der Waals surface area (Å²) in [6.45, 7) is 0. The van der Waals surface area contributed by atoms with Gasteiger partial charge in [-0.05, 0) is 30.4 Å². The van der Waals surface area contributed by atoms with E-state index in [1.54, 1.807) is 0 Å². The van der Waals surface area contributed by atoms with Gasteiger partial charge in [0, 0.05) is 5.02 Å². The molecule has 1 aromatic carbocycles. The molecular weight excluding hydrogens is 248 g/mol. The van der Waals surface area contributed by atoms with Crippen molar-refractivity contribution in [3.8, 4) is 0 Å². The van der Waals surface area contributed by atoms with Crippen LogP contribution in [-0.2, 0) is 9.53 Å². The molecule has 0 radical (unpaired) electrons. The maximum absolute atomic E-state index is 11.9. The van der Waals surface area contributed by atoms with Gasteiger partial charge in [0.05, 0.1) is 13.0 Å². The summed E-state index contributed by atoms with van der Waals surface area (Å²) >= 11 is 6.27. The van der Waals surface area contributed by atoms with Gasteiger partial charge in [-0.15, -0.1) is 0 Å². The van der Waals surface area contributed by atoms with E-state index in [1.165, 1.54) is 13.5 Å². The molecule has 1 aromatic rings. The largest absolute Gasteiger partial charge is 0.469 e. The zero-order valence-corrected chi connectivity index (χ0v) is 11.5. The van der Waals surface area contributed by atoms with Crippen LogP contribution in [0.2, 0.25) is 5.02 Å². The molecule has 2 atom stereocenters. The fourth-order valence-electron chi connectivity index (χ4n) is 2.89. The molecule has 1 fully saturated rings. The average Bonchev–Trinajstić information content (AvgIpc) is 2.64. The second-order valence-corrected chi connectivity index (χ2v) is 5.30. The molecule has 0 aromatic heterocycles. The summed E-state index contributed by atoms with van der Waals surface area (Å²) in [6.07, 6.45) is 5.37. The molecule has 3 heteroatoms. The molecule has 1 saturated carbocycles. The van der Waals surface area contributed by atoms with Crippen molar-refractivity contribution in [1.29, 1.82) is 0 Å². The molecule has 0 bridgehead atoms. The number of carbonyl (C=O) groups excluding carboxylic acids is 1. The molecule has 0 heterocycles. The van der Waals surface area contributed by atoms with Gasteiger partial charge in [0.25, 0.3) is 0 Å². The first kappa shape index (κ1) is 13.4. The summed E-state index contributed by atoms with van der Waals surface area (Å²) in [5.74, 6) is 0.0628. The maximum atomic E-state index is 11.9. The molecule has 0 amide bonds. The zero-order chi connectivity index (χ0) is 13.0. The summed E-state index contributed by atoms with van der Waals surface area (Å²) in [5.41, 5.74) is 1.09. The van der Waals surface area contributed by atoms with Gasteiger partial charge in [-0.1, -0.05) is 49.1 Å². The standard InChI is InChI=1S/C15H19ClO2/c1-18-15(17)13-9-4-2-3-7-11(13)12-8-5-6-10-14(12)16/h5-6,8,10-11,13H,2-4,7,9H2,1H3. The number of ether oxygens (including phenoxy) is 1. The fraction of sp³-hybridized carbons (Fsp3) is 0.533. The van der Waals surface area contributed by atoms with E-state index in [0.29, 0.717) is 0 Å². The Hall–Kier alpha value is -1.02. The fourth-order valence-corrected chi connectivity index (χ4v) is 3.17. The van der Waals surface area contributed by atoms with E-state index in [-0.39, 0.29) is 17.8 Å². The predicted molar refractivity (Wildman–Crippen MR) is 72.8 cm³/mol. The summed E-state index contributed by atoms with van der Waals surface area (Å²) in [7, 11) is 1.47. The molecule has 2 unspecified atom stereocenters. The lowest BCUT2D eigenvalue weighted by atomic mass is 9.82. The Morgan fingerprint density at radius 1 is 1.22 bits per heavy atom. The SMILES string of the molecule is COC(=O)C1CCCCCC1c1ccccc1Cl. The lowest BCUT2D eigenvalue weighted by Gasteiger charge is -2.24. The first-order chi connectivity index (χ1) is 8.74. The molecule has 0 saturated heterocycles. The van der Waals surface area contributed by atoms with E-state index in [1.807, 2.05) is 24.3 Å². The predicted octanol–water partition coefficient (Wildman–Crippen LogP) is 4.18. The molecule has 98 valence electrons. The van der Waals surface area contributed by atoms with Crippen LogP contribution in [0.4, 0.5) is 0 Å². The molecule has 0 spiro atoms. The van der Waals surface area contributed by atoms with Gasteiger partial charge in [0.1, 0.15) is 0 Å². The van der Waals surface area contributed by atoms with Gasteiger partial charge in [0.15, 0.2) is 0 Å². The number of methoxy groups -OCH3 is 1. The molecule has 0 N–H and O–H groups in total. The van der Waals surface area contributed by atoms with Crippen molar-refractivity contribution >= 4 is 17.6 Å². The smallest absolute Gasteiger partial charge is 0.309 e. The molecule has 0 aliphatic heterocycles. The molecule has 18 heavy (non-hydrogen) atoms. The minimum absolute atomic E-state index is 0.0441. The van der Waals surface area contributed by atoms with Crippen molar-refractivity contribution in [2.24, 2.45) is 5.92 Å². The summed E-state index contributed by atoms with van der Waals surface area (Å²) < 4.78 is 4.95. The highest BCUT2D eigenvalue weighted by molar-refractivity contribution is 6.31. The Morgan fingerprint density at radius 3 is 2.67 bits per heavy atom. The monoisotopic (exact) mass is 266 g/mol. The maximum Gasteiger partial charge on any atom is 0.309 e. The quantitative estimate of drug-likeness (QED) is 0.593. The van der Waals surface area contributed by atoms with Gasteiger partial charge in [-0.25, -0.2) is 0 Å². The average molecular weight is 267 g/mol. The Bertz CT molecular complexity index is 417. The third-order valence-electron chi connectivity index (χ3n) is 3.82. The molecule has 1 aliphatic rings. The van der Waals surface area contributed by atoms with Gasteiger partial charge in [0.2, 0.25) is 0 Å². The third-order valence-corrected chi connectivity index (χ3v) is 4.17. The third kappa shape index (κ3) is 2.86. The molecule has 2 nitrogen and oxygen atoms in total. The Kier molecular flexibility index (Phi) is 4.65. The normalized spacial score (nSPS) is 24.3. The molecular formula is C15H19ClO2. The highest BCUT2D eigenvalue weighted by Gasteiger charge is 2.32.